The van der Waals surface area contributed by atoms with Crippen molar-refractivity contribution in [3.63, 3.8) is 0 Å². The number of amides is 1. The van der Waals surface area contributed by atoms with Gasteiger partial charge in [-0.15, -0.1) is 12.4 Å². The Labute approximate surface area is 114 Å². The second-order valence-corrected chi connectivity index (χ2v) is 4.14. The molecule has 1 unspecified atom stereocenters. The topological polar surface area (TPSA) is 64.3 Å². The minimum Gasteiger partial charge on any atom is -0.494 e. The van der Waals surface area contributed by atoms with Gasteiger partial charge in [0.25, 0.3) is 0 Å². The molecule has 1 amide bonds. The first-order valence-electron chi connectivity index (χ1n) is 5.76. The highest BCUT2D eigenvalue weighted by Gasteiger charge is 2.12. The number of hydrogen-bond donors (Lipinski definition) is 2. The molecule has 5 heteroatoms. The molecular formula is C13H21ClN2O2. The monoisotopic (exact) mass is 272 g/mol. The van der Waals surface area contributed by atoms with Crippen LogP contribution in [0.15, 0.2) is 12.1 Å². The van der Waals surface area contributed by atoms with Gasteiger partial charge < -0.3 is 15.8 Å². The van der Waals surface area contributed by atoms with E-state index in [0.29, 0.717) is 6.61 Å². The Morgan fingerprint density at radius 2 is 1.89 bits per heavy atom. The molecule has 0 fully saturated rings. The Kier molecular flexibility index (Phi) is 6.73. The van der Waals surface area contributed by atoms with E-state index in [1.807, 2.05) is 32.9 Å². The van der Waals surface area contributed by atoms with E-state index in [1.165, 1.54) is 0 Å². The first-order valence-corrected chi connectivity index (χ1v) is 5.76. The van der Waals surface area contributed by atoms with Crippen molar-refractivity contribution in [2.45, 2.75) is 33.7 Å². The number of nitrogens with one attached hydrogen (secondary N) is 1. The number of anilines is 1. The van der Waals surface area contributed by atoms with Crippen molar-refractivity contribution in [3.8, 4) is 5.75 Å². The molecule has 18 heavy (non-hydrogen) atoms. The van der Waals surface area contributed by atoms with Crippen molar-refractivity contribution in [3.05, 3.63) is 23.3 Å². The molecule has 0 heterocycles. The van der Waals surface area contributed by atoms with E-state index in [-0.39, 0.29) is 18.3 Å². The van der Waals surface area contributed by atoms with E-state index >= 15 is 0 Å². The predicted molar refractivity (Wildman–Crippen MR) is 76.6 cm³/mol. The molecule has 0 aliphatic heterocycles. The summed E-state index contributed by atoms with van der Waals surface area (Å²) < 4.78 is 5.44. The standard InChI is InChI=1S/C13H20N2O2.ClH/c1-5-17-11-6-8(2)12(9(3)7-11)15-13(16)10(4)14;/h6-7,10H,5,14H2,1-4H3,(H,15,16);1H. The van der Waals surface area contributed by atoms with E-state index in [9.17, 15) is 4.79 Å². The number of ether oxygens (including phenoxy) is 1. The average molecular weight is 273 g/mol. The summed E-state index contributed by atoms with van der Waals surface area (Å²) in [6.45, 7) is 8.11. The van der Waals surface area contributed by atoms with Gasteiger partial charge in [-0.3, -0.25) is 4.79 Å². The summed E-state index contributed by atoms with van der Waals surface area (Å²) in [5.41, 5.74) is 8.29. The third kappa shape index (κ3) is 4.20. The Morgan fingerprint density at radius 1 is 1.39 bits per heavy atom. The van der Waals surface area contributed by atoms with Crippen molar-refractivity contribution < 1.29 is 9.53 Å². The summed E-state index contributed by atoms with van der Waals surface area (Å²) in [4.78, 5) is 11.6. The molecule has 1 rings (SSSR count). The van der Waals surface area contributed by atoms with Gasteiger partial charge in [0.1, 0.15) is 5.75 Å². The molecule has 1 aromatic carbocycles. The van der Waals surface area contributed by atoms with Crippen LogP contribution in [-0.2, 0) is 4.79 Å². The Balaban J connectivity index is 0.00000289. The van der Waals surface area contributed by atoms with Gasteiger partial charge in [0.2, 0.25) is 5.91 Å². The number of nitrogens with two attached hydrogens (primary N) is 1. The molecule has 3 N–H and O–H groups in total. The van der Waals surface area contributed by atoms with Crippen molar-refractivity contribution >= 4 is 24.0 Å². The molecule has 102 valence electrons. The third-order valence-electron chi connectivity index (χ3n) is 2.48. The zero-order valence-electron chi connectivity index (χ0n) is 11.2. The lowest BCUT2D eigenvalue weighted by Gasteiger charge is -2.15. The minimum atomic E-state index is -0.514. The summed E-state index contributed by atoms with van der Waals surface area (Å²) >= 11 is 0. The highest BCUT2D eigenvalue weighted by Crippen LogP contribution is 2.26. The van der Waals surface area contributed by atoms with Crippen LogP contribution >= 0.6 is 12.4 Å². The molecule has 0 saturated carbocycles. The molecule has 0 saturated heterocycles. The van der Waals surface area contributed by atoms with Crippen molar-refractivity contribution in [1.29, 1.82) is 0 Å². The largest absolute Gasteiger partial charge is 0.494 e. The van der Waals surface area contributed by atoms with Crippen LogP contribution in [0, 0.1) is 13.8 Å². The molecule has 0 bridgehead atoms. The molecule has 0 spiro atoms. The third-order valence-corrected chi connectivity index (χ3v) is 2.48. The number of hydrogen-bond acceptors (Lipinski definition) is 3. The summed E-state index contributed by atoms with van der Waals surface area (Å²) in [5.74, 6) is 0.640. The maximum Gasteiger partial charge on any atom is 0.241 e. The Morgan fingerprint density at radius 3 is 2.28 bits per heavy atom. The van der Waals surface area contributed by atoms with Gasteiger partial charge in [-0.05, 0) is 51.0 Å². The van der Waals surface area contributed by atoms with E-state index in [0.717, 1.165) is 22.6 Å². The van der Waals surface area contributed by atoms with E-state index in [2.05, 4.69) is 5.32 Å². The number of aryl methyl sites for hydroxylation is 2. The summed E-state index contributed by atoms with van der Waals surface area (Å²) in [6.07, 6.45) is 0. The van der Waals surface area contributed by atoms with Crippen LogP contribution in [0.1, 0.15) is 25.0 Å². The Bertz CT molecular complexity index is 396. The maximum atomic E-state index is 11.6. The van der Waals surface area contributed by atoms with Crippen LogP contribution < -0.4 is 15.8 Å². The minimum absolute atomic E-state index is 0. The van der Waals surface area contributed by atoms with E-state index < -0.39 is 6.04 Å². The van der Waals surface area contributed by atoms with Crippen LogP contribution in [0.5, 0.6) is 5.75 Å². The fraction of sp³-hybridized carbons (Fsp3) is 0.462. The van der Waals surface area contributed by atoms with Gasteiger partial charge in [0, 0.05) is 5.69 Å². The first-order chi connectivity index (χ1) is 7.95. The molecule has 4 nitrogen and oxygen atoms in total. The lowest BCUT2D eigenvalue weighted by molar-refractivity contribution is -0.117. The first kappa shape index (κ1) is 16.7. The molecule has 1 atom stereocenters. The summed E-state index contributed by atoms with van der Waals surface area (Å²) in [7, 11) is 0. The van der Waals surface area contributed by atoms with Gasteiger partial charge in [0.05, 0.1) is 12.6 Å². The van der Waals surface area contributed by atoms with Crippen LogP contribution in [0.3, 0.4) is 0 Å². The number of carbonyl (C=O) groups excluding carboxylic acids is 1. The van der Waals surface area contributed by atoms with Crippen LogP contribution in [0.25, 0.3) is 0 Å². The lowest BCUT2D eigenvalue weighted by Crippen LogP contribution is -2.32. The fourth-order valence-electron chi connectivity index (χ4n) is 1.61. The van der Waals surface area contributed by atoms with Crippen molar-refractivity contribution in [1.82, 2.24) is 0 Å². The number of carbonyl (C=O) groups is 1. The molecule has 0 aromatic heterocycles. The quantitative estimate of drug-likeness (QED) is 0.885. The highest BCUT2D eigenvalue weighted by atomic mass is 35.5. The maximum absolute atomic E-state index is 11.6. The van der Waals surface area contributed by atoms with Gasteiger partial charge in [-0.2, -0.15) is 0 Å². The summed E-state index contributed by atoms with van der Waals surface area (Å²) in [6, 6.07) is 3.31. The molecule has 1 aromatic rings. The SMILES string of the molecule is CCOc1cc(C)c(NC(=O)C(C)N)c(C)c1.Cl. The van der Waals surface area contributed by atoms with Gasteiger partial charge in [0.15, 0.2) is 0 Å². The Hall–Kier alpha value is -1.26. The smallest absolute Gasteiger partial charge is 0.241 e. The van der Waals surface area contributed by atoms with Crippen molar-refractivity contribution in [2.75, 3.05) is 11.9 Å². The molecular weight excluding hydrogens is 252 g/mol. The van der Waals surface area contributed by atoms with Crippen LogP contribution in [-0.4, -0.2) is 18.6 Å². The zero-order chi connectivity index (χ0) is 13.0. The second kappa shape index (κ2) is 7.24. The van der Waals surface area contributed by atoms with Gasteiger partial charge in [-0.1, -0.05) is 0 Å². The van der Waals surface area contributed by atoms with E-state index in [4.69, 9.17) is 10.5 Å². The molecule has 0 aliphatic rings. The lowest BCUT2D eigenvalue weighted by atomic mass is 10.1. The zero-order valence-corrected chi connectivity index (χ0v) is 12.1. The number of benzene rings is 1. The second-order valence-electron chi connectivity index (χ2n) is 4.14. The average Bonchev–Trinajstić information content (AvgIpc) is 2.23. The normalized spacial score (nSPS) is 11.4. The van der Waals surface area contributed by atoms with Crippen molar-refractivity contribution in [2.24, 2.45) is 5.73 Å². The highest BCUT2D eigenvalue weighted by molar-refractivity contribution is 5.95. The molecule has 0 radical (unpaired) electrons. The van der Waals surface area contributed by atoms with Gasteiger partial charge in [-0.25, -0.2) is 0 Å². The molecule has 0 aliphatic carbocycles. The van der Waals surface area contributed by atoms with Gasteiger partial charge >= 0.3 is 0 Å². The number of rotatable bonds is 4. The predicted octanol–water partition coefficient (Wildman–Crippen LogP) is 2.41. The summed E-state index contributed by atoms with van der Waals surface area (Å²) in [5, 5.41) is 2.83. The van der Waals surface area contributed by atoms with E-state index in [1.54, 1.807) is 6.92 Å². The fourth-order valence-corrected chi connectivity index (χ4v) is 1.61. The number of halogens is 1. The van der Waals surface area contributed by atoms with Crippen LogP contribution in [0.2, 0.25) is 0 Å². The van der Waals surface area contributed by atoms with Crippen LogP contribution in [0.4, 0.5) is 5.69 Å².